The van der Waals surface area contributed by atoms with Gasteiger partial charge in [-0.3, -0.25) is 4.90 Å². The molecule has 38 heavy (non-hydrogen) atoms. The summed E-state index contributed by atoms with van der Waals surface area (Å²) in [4.78, 5) is 6.49. The molecule has 2 unspecified atom stereocenters. The molecule has 202 valence electrons. The first-order valence-corrected chi connectivity index (χ1v) is 12.9. The molecule has 2 aliphatic rings. The molecule has 1 aliphatic heterocycles. The fourth-order valence-electron chi connectivity index (χ4n) is 4.89. The fourth-order valence-corrected chi connectivity index (χ4v) is 4.89. The molecule has 1 saturated carbocycles. The van der Waals surface area contributed by atoms with Crippen LogP contribution in [-0.4, -0.2) is 63.8 Å². The summed E-state index contributed by atoms with van der Waals surface area (Å²) in [6.45, 7) is 4.43. The Labute approximate surface area is 220 Å². The Morgan fingerprint density at radius 2 is 2.05 bits per heavy atom. The number of benzene rings is 1. The Kier molecular flexibility index (Phi) is 8.62. The lowest BCUT2D eigenvalue weighted by atomic mass is 9.75. The van der Waals surface area contributed by atoms with Gasteiger partial charge >= 0.3 is 0 Å². The second kappa shape index (κ2) is 11.9. The lowest BCUT2D eigenvalue weighted by Crippen LogP contribution is -2.60. The van der Waals surface area contributed by atoms with Crippen molar-refractivity contribution in [2.24, 2.45) is 10.2 Å². The van der Waals surface area contributed by atoms with E-state index in [1.54, 1.807) is 17.8 Å². The molecule has 1 aromatic carbocycles. The number of nitriles is 1. The molecule has 3 heterocycles. The van der Waals surface area contributed by atoms with Gasteiger partial charge in [0.2, 0.25) is 12.4 Å². The molecule has 1 aliphatic carbocycles. The van der Waals surface area contributed by atoms with Gasteiger partial charge in [-0.2, -0.15) is 15.5 Å². The number of rotatable bonds is 6. The summed E-state index contributed by atoms with van der Waals surface area (Å²) in [5.41, 5.74) is 4.37. The summed E-state index contributed by atoms with van der Waals surface area (Å²) in [5, 5.41) is 25.3. The Hall–Kier alpha value is -3.52. The molecule has 0 amide bonds. The average Bonchev–Trinajstić information content (AvgIpc) is 3.30. The summed E-state index contributed by atoms with van der Waals surface area (Å²) < 4.78 is 38.3. The lowest BCUT2D eigenvalue weighted by Gasteiger charge is -2.48. The smallest absolute Gasteiger partial charge is 0.241 e. The van der Waals surface area contributed by atoms with Crippen LogP contribution in [0.15, 0.2) is 46.9 Å². The third-order valence-electron chi connectivity index (χ3n) is 7.29. The van der Waals surface area contributed by atoms with Crippen molar-refractivity contribution >= 4 is 17.2 Å². The van der Waals surface area contributed by atoms with Gasteiger partial charge in [0, 0.05) is 38.3 Å². The van der Waals surface area contributed by atoms with Crippen LogP contribution in [0.1, 0.15) is 44.6 Å². The number of aryl methyl sites for hydroxylation is 1. The number of piperidine rings is 1. The van der Waals surface area contributed by atoms with Gasteiger partial charge in [0.05, 0.1) is 29.5 Å². The highest BCUT2D eigenvalue weighted by molar-refractivity contribution is 5.81. The molecule has 2 aromatic heterocycles. The Bertz CT molecular complexity index is 1310. The highest BCUT2D eigenvalue weighted by atomic mass is 19.3. The predicted octanol–water partition coefficient (Wildman–Crippen LogP) is 6.35. The summed E-state index contributed by atoms with van der Waals surface area (Å²) in [6.07, 6.45) is 3.77. The van der Waals surface area contributed by atoms with Crippen molar-refractivity contribution in [2.45, 2.75) is 70.1 Å². The number of anilines is 1. The Balaban J connectivity index is 0.000000617. The number of halogens is 3. The number of hydrogen-bond acceptors (Lipinski definition) is 7. The number of fused-ring (bicyclic) bond motifs is 1. The van der Waals surface area contributed by atoms with E-state index in [1.807, 2.05) is 36.2 Å². The van der Waals surface area contributed by atoms with Crippen molar-refractivity contribution in [1.29, 1.82) is 5.26 Å². The molecule has 3 aromatic rings. The minimum atomic E-state index is -2.12. The third-order valence-corrected chi connectivity index (χ3v) is 7.29. The first kappa shape index (κ1) is 27.5. The topological polar surface area (TPSA) is 94.0 Å². The standard InChI is InChI=1S/C24H27FN8.C3H6F2/c1-16-12-17(4-5-20(16)30-27-2)18-6-11-33-22(18)13-28-23(31-33)29-21-7-10-32(14-19(21)25)24(15-26)8-3-9-24;1-2-3(4)5/h4-6,11-13,19,21H,3,7-10,14H2,1-2H3,(H,29,31);3H,2H2,1H3. The van der Waals surface area contributed by atoms with Crippen LogP contribution in [-0.2, 0) is 0 Å². The zero-order valence-electron chi connectivity index (χ0n) is 21.9. The SMILES string of the molecule is CCC(F)F.CN=Nc1ccc(-c2ccn3nc(NC4CCN(C5(C#N)CCC5)CC4F)ncc23)cc1C. The number of azo groups is 1. The molecule has 2 fully saturated rings. The molecule has 1 saturated heterocycles. The minimum Gasteiger partial charge on any atom is -0.347 e. The molecule has 0 radical (unpaired) electrons. The van der Waals surface area contributed by atoms with Crippen molar-refractivity contribution in [2.75, 3.05) is 25.5 Å². The lowest BCUT2D eigenvalue weighted by molar-refractivity contribution is 0.0128. The van der Waals surface area contributed by atoms with Gasteiger partial charge in [0.1, 0.15) is 11.7 Å². The van der Waals surface area contributed by atoms with E-state index in [4.69, 9.17) is 0 Å². The van der Waals surface area contributed by atoms with Crippen molar-refractivity contribution in [1.82, 2.24) is 19.5 Å². The van der Waals surface area contributed by atoms with E-state index in [0.717, 1.165) is 47.2 Å². The van der Waals surface area contributed by atoms with Crippen molar-refractivity contribution in [3.05, 3.63) is 42.2 Å². The van der Waals surface area contributed by atoms with E-state index in [-0.39, 0.29) is 19.0 Å². The van der Waals surface area contributed by atoms with Crippen LogP contribution in [0.4, 0.5) is 24.8 Å². The van der Waals surface area contributed by atoms with Crippen LogP contribution in [0.2, 0.25) is 0 Å². The second-order valence-electron chi connectivity index (χ2n) is 9.74. The summed E-state index contributed by atoms with van der Waals surface area (Å²) >= 11 is 0. The molecule has 0 spiro atoms. The number of nitrogens with zero attached hydrogens (tertiary/aromatic N) is 7. The van der Waals surface area contributed by atoms with Crippen molar-refractivity contribution < 1.29 is 13.2 Å². The Morgan fingerprint density at radius 3 is 2.63 bits per heavy atom. The number of nitrogens with one attached hydrogen (secondary N) is 1. The largest absolute Gasteiger partial charge is 0.347 e. The second-order valence-corrected chi connectivity index (χ2v) is 9.74. The molecule has 2 atom stereocenters. The Morgan fingerprint density at radius 1 is 1.29 bits per heavy atom. The highest BCUT2D eigenvalue weighted by Crippen LogP contribution is 2.39. The molecular weight excluding hydrogens is 493 g/mol. The van der Waals surface area contributed by atoms with Gasteiger partial charge in [-0.15, -0.1) is 5.10 Å². The van der Waals surface area contributed by atoms with Crippen LogP contribution in [0.25, 0.3) is 16.6 Å². The van der Waals surface area contributed by atoms with E-state index in [2.05, 4.69) is 37.8 Å². The third kappa shape index (κ3) is 5.80. The van der Waals surface area contributed by atoms with Crippen molar-refractivity contribution in [3.63, 3.8) is 0 Å². The van der Waals surface area contributed by atoms with Gasteiger partial charge in [-0.25, -0.2) is 22.7 Å². The molecule has 1 N–H and O–H groups in total. The molecule has 11 heteroatoms. The molecular formula is C27H33F3N8. The number of hydrogen-bond donors (Lipinski definition) is 1. The van der Waals surface area contributed by atoms with Crippen LogP contribution < -0.4 is 5.32 Å². The highest BCUT2D eigenvalue weighted by Gasteiger charge is 2.46. The van der Waals surface area contributed by atoms with Gasteiger partial charge in [0.15, 0.2) is 0 Å². The van der Waals surface area contributed by atoms with E-state index >= 15 is 0 Å². The van der Waals surface area contributed by atoms with Crippen molar-refractivity contribution in [3.8, 4) is 17.2 Å². The van der Waals surface area contributed by atoms with E-state index in [1.165, 1.54) is 6.92 Å². The van der Waals surface area contributed by atoms with Crippen LogP contribution in [0.3, 0.4) is 0 Å². The van der Waals surface area contributed by atoms with E-state index in [9.17, 15) is 18.4 Å². The van der Waals surface area contributed by atoms with Gasteiger partial charge < -0.3 is 5.32 Å². The van der Waals surface area contributed by atoms with Crippen LogP contribution in [0, 0.1) is 18.3 Å². The zero-order valence-corrected chi connectivity index (χ0v) is 21.9. The van der Waals surface area contributed by atoms with Crippen LogP contribution in [0.5, 0.6) is 0 Å². The van der Waals surface area contributed by atoms with Gasteiger partial charge in [-0.1, -0.05) is 13.0 Å². The zero-order chi connectivity index (χ0) is 27.3. The van der Waals surface area contributed by atoms with E-state index in [0.29, 0.717) is 18.9 Å². The summed E-state index contributed by atoms with van der Waals surface area (Å²) in [7, 11) is 1.66. The van der Waals surface area contributed by atoms with Crippen LogP contribution >= 0.6 is 0 Å². The fraction of sp³-hybridized carbons (Fsp3) is 0.519. The summed E-state index contributed by atoms with van der Waals surface area (Å²) in [5.74, 6) is 0.402. The molecule has 8 nitrogen and oxygen atoms in total. The molecule has 0 bridgehead atoms. The first-order chi connectivity index (χ1) is 18.3. The first-order valence-electron chi connectivity index (χ1n) is 12.9. The predicted molar refractivity (Wildman–Crippen MR) is 141 cm³/mol. The van der Waals surface area contributed by atoms with E-state index < -0.39 is 18.1 Å². The average molecular weight is 527 g/mol. The number of likely N-dealkylation sites (tertiary alicyclic amines) is 1. The number of alkyl halides is 3. The van der Waals surface area contributed by atoms with Gasteiger partial charge in [0.25, 0.3) is 0 Å². The minimum absolute atomic E-state index is 0.0278. The maximum atomic E-state index is 15.0. The van der Waals surface area contributed by atoms with Gasteiger partial charge in [-0.05, 0) is 61.9 Å². The maximum Gasteiger partial charge on any atom is 0.241 e. The maximum absolute atomic E-state index is 15.0. The quantitative estimate of drug-likeness (QED) is 0.378. The summed E-state index contributed by atoms with van der Waals surface area (Å²) in [6, 6.07) is 10.1. The normalized spacial score (nSPS) is 21.1. The molecule has 5 rings (SSSR count). The number of aromatic nitrogens is 3. The monoisotopic (exact) mass is 526 g/mol.